The van der Waals surface area contributed by atoms with E-state index in [2.05, 4.69) is 5.32 Å². The van der Waals surface area contributed by atoms with Crippen LogP contribution in [0.25, 0.3) is 0 Å². The molecule has 5 nitrogen and oxygen atoms in total. The first kappa shape index (κ1) is 10.7. The van der Waals surface area contributed by atoms with E-state index < -0.39 is 17.4 Å². The maximum absolute atomic E-state index is 11.3. The lowest BCUT2D eigenvalue weighted by Crippen LogP contribution is -2.43. The van der Waals surface area contributed by atoms with Gasteiger partial charge in [-0.25, -0.2) is 4.79 Å². The summed E-state index contributed by atoms with van der Waals surface area (Å²) in [6.07, 6.45) is 2.19. The SMILES string of the molecule is CC1(Cc2ccco2)CC(=O)NC1C(=O)O. The van der Waals surface area contributed by atoms with Gasteiger partial charge < -0.3 is 14.8 Å². The fourth-order valence-electron chi connectivity index (χ4n) is 2.19. The third kappa shape index (κ3) is 1.80. The Balaban J connectivity index is 2.21. The van der Waals surface area contributed by atoms with Gasteiger partial charge in [0.1, 0.15) is 11.8 Å². The highest BCUT2D eigenvalue weighted by Crippen LogP contribution is 2.35. The van der Waals surface area contributed by atoms with Crippen LogP contribution in [-0.2, 0) is 16.0 Å². The quantitative estimate of drug-likeness (QED) is 0.794. The summed E-state index contributed by atoms with van der Waals surface area (Å²) in [5, 5.41) is 11.5. The van der Waals surface area contributed by atoms with Crippen LogP contribution in [0, 0.1) is 5.41 Å². The molecule has 1 aliphatic rings. The summed E-state index contributed by atoms with van der Waals surface area (Å²) >= 11 is 0. The molecule has 1 aromatic rings. The Bertz CT molecular complexity index is 412. The van der Waals surface area contributed by atoms with Crippen molar-refractivity contribution in [3.05, 3.63) is 24.2 Å². The maximum Gasteiger partial charge on any atom is 0.326 e. The number of hydrogen-bond donors (Lipinski definition) is 2. The van der Waals surface area contributed by atoms with Gasteiger partial charge in [0.25, 0.3) is 0 Å². The predicted octanol–water partition coefficient (Wildman–Crippen LogP) is 0.801. The van der Waals surface area contributed by atoms with Gasteiger partial charge in [0.05, 0.1) is 6.26 Å². The second kappa shape index (κ2) is 3.66. The molecule has 16 heavy (non-hydrogen) atoms. The van der Waals surface area contributed by atoms with Gasteiger partial charge in [-0.1, -0.05) is 6.92 Å². The van der Waals surface area contributed by atoms with Crippen LogP contribution in [0.1, 0.15) is 19.1 Å². The third-order valence-corrected chi connectivity index (χ3v) is 2.97. The monoisotopic (exact) mass is 223 g/mol. The summed E-state index contributed by atoms with van der Waals surface area (Å²) in [6, 6.07) is 2.69. The van der Waals surface area contributed by atoms with Crippen molar-refractivity contribution >= 4 is 11.9 Å². The molecule has 1 amide bonds. The molecule has 2 rings (SSSR count). The summed E-state index contributed by atoms with van der Waals surface area (Å²) in [7, 11) is 0. The van der Waals surface area contributed by atoms with Crippen LogP contribution in [0.3, 0.4) is 0 Å². The van der Waals surface area contributed by atoms with E-state index >= 15 is 0 Å². The van der Waals surface area contributed by atoms with Gasteiger partial charge in [-0.2, -0.15) is 0 Å². The molecule has 0 bridgehead atoms. The minimum Gasteiger partial charge on any atom is -0.480 e. The Morgan fingerprint density at radius 3 is 3.06 bits per heavy atom. The number of carboxylic acids is 1. The molecule has 1 aliphatic heterocycles. The topological polar surface area (TPSA) is 79.5 Å². The van der Waals surface area contributed by atoms with E-state index in [1.54, 1.807) is 25.3 Å². The molecule has 0 saturated carbocycles. The number of nitrogens with one attached hydrogen (secondary N) is 1. The zero-order chi connectivity index (χ0) is 11.8. The van der Waals surface area contributed by atoms with Gasteiger partial charge in [0.15, 0.2) is 0 Å². The van der Waals surface area contributed by atoms with Crippen molar-refractivity contribution in [2.75, 3.05) is 0 Å². The van der Waals surface area contributed by atoms with Crippen LogP contribution < -0.4 is 5.32 Å². The maximum atomic E-state index is 11.3. The van der Waals surface area contributed by atoms with E-state index in [9.17, 15) is 9.59 Å². The van der Waals surface area contributed by atoms with Gasteiger partial charge in [-0.3, -0.25) is 4.79 Å². The second-order valence-electron chi connectivity index (χ2n) is 4.43. The number of carbonyl (C=O) groups excluding carboxylic acids is 1. The highest BCUT2D eigenvalue weighted by Gasteiger charge is 2.47. The Hall–Kier alpha value is -1.78. The number of carboxylic acid groups (broad SMARTS) is 1. The predicted molar refractivity (Wildman–Crippen MR) is 54.7 cm³/mol. The molecule has 1 saturated heterocycles. The van der Waals surface area contributed by atoms with Crippen LogP contribution in [0.2, 0.25) is 0 Å². The largest absolute Gasteiger partial charge is 0.480 e. The van der Waals surface area contributed by atoms with E-state index in [0.717, 1.165) is 0 Å². The van der Waals surface area contributed by atoms with Gasteiger partial charge in [-0.15, -0.1) is 0 Å². The Kier molecular flexibility index (Phi) is 2.46. The summed E-state index contributed by atoms with van der Waals surface area (Å²) in [5.41, 5.74) is -0.624. The first-order chi connectivity index (χ1) is 7.51. The minimum atomic E-state index is -1.00. The molecule has 0 aliphatic carbocycles. The van der Waals surface area contributed by atoms with Crippen molar-refractivity contribution < 1.29 is 19.1 Å². The molecule has 2 unspecified atom stereocenters. The lowest BCUT2D eigenvalue weighted by atomic mass is 9.78. The average Bonchev–Trinajstić information content (AvgIpc) is 2.74. The molecule has 86 valence electrons. The minimum absolute atomic E-state index is 0.213. The molecule has 0 radical (unpaired) electrons. The number of amides is 1. The van der Waals surface area contributed by atoms with Crippen LogP contribution in [-0.4, -0.2) is 23.0 Å². The number of hydrogen-bond acceptors (Lipinski definition) is 3. The first-order valence-corrected chi connectivity index (χ1v) is 5.06. The van der Waals surface area contributed by atoms with E-state index in [-0.39, 0.29) is 12.3 Å². The van der Waals surface area contributed by atoms with Crippen LogP contribution >= 0.6 is 0 Å². The normalized spacial score (nSPS) is 29.1. The Morgan fingerprint density at radius 1 is 1.75 bits per heavy atom. The molecule has 1 aromatic heterocycles. The molecule has 0 aromatic carbocycles. The molecule has 5 heteroatoms. The zero-order valence-corrected chi connectivity index (χ0v) is 8.90. The zero-order valence-electron chi connectivity index (χ0n) is 8.90. The number of rotatable bonds is 3. The van der Waals surface area contributed by atoms with Crippen molar-refractivity contribution in [2.45, 2.75) is 25.8 Å². The Morgan fingerprint density at radius 2 is 2.50 bits per heavy atom. The van der Waals surface area contributed by atoms with E-state index in [0.29, 0.717) is 12.2 Å². The summed E-state index contributed by atoms with van der Waals surface area (Å²) in [6.45, 7) is 1.78. The summed E-state index contributed by atoms with van der Waals surface area (Å²) in [5.74, 6) is -0.522. The molecule has 1 fully saturated rings. The molecule has 0 spiro atoms. The van der Waals surface area contributed by atoms with E-state index in [1.165, 1.54) is 0 Å². The van der Waals surface area contributed by atoms with Crippen molar-refractivity contribution in [2.24, 2.45) is 5.41 Å². The molecule has 2 N–H and O–H groups in total. The number of furan rings is 1. The van der Waals surface area contributed by atoms with Crippen molar-refractivity contribution in [1.82, 2.24) is 5.32 Å². The molecular formula is C11H13NO4. The summed E-state index contributed by atoms with van der Waals surface area (Å²) in [4.78, 5) is 22.3. The van der Waals surface area contributed by atoms with Crippen LogP contribution in [0.5, 0.6) is 0 Å². The van der Waals surface area contributed by atoms with Crippen molar-refractivity contribution in [3.8, 4) is 0 Å². The second-order valence-corrected chi connectivity index (χ2v) is 4.43. The highest BCUT2D eigenvalue weighted by atomic mass is 16.4. The van der Waals surface area contributed by atoms with Crippen LogP contribution in [0.4, 0.5) is 0 Å². The highest BCUT2D eigenvalue weighted by molar-refractivity contribution is 5.89. The molecular weight excluding hydrogens is 210 g/mol. The van der Waals surface area contributed by atoms with Crippen molar-refractivity contribution in [3.63, 3.8) is 0 Å². The van der Waals surface area contributed by atoms with Gasteiger partial charge in [-0.05, 0) is 12.1 Å². The lowest BCUT2D eigenvalue weighted by molar-refractivity contribution is -0.142. The standard InChI is InChI=1S/C11H13NO4/c1-11(5-7-3-2-4-16-7)6-8(13)12-9(11)10(14)15/h2-4,9H,5-6H2,1H3,(H,12,13)(H,14,15). The number of aliphatic carboxylic acids is 1. The van der Waals surface area contributed by atoms with Gasteiger partial charge in [0.2, 0.25) is 5.91 Å². The first-order valence-electron chi connectivity index (χ1n) is 5.06. The summed E-state index contributed by atoms with van der Waals surface area (Å²) < 4.78 is 5.19. The Labute approximate surface area is 92.4 Å². The third-order valence-electron chi connectivity index (χ3n) is 2.97. The van der Waals surface area contributed by atoms with E-state index in [4.69, 9.17) is 9.52 Å². The average molecular weight is 223 g/mol. The van der Waals surface area contributed by atoms with Crippen LogP contribution in [0.15, 0.2) is 22.8 Å². The molecule has 2 heterocycles. The van der Waals surface area contributed by atoms with Gasteiger partial charge in [0, 0.05) is 18.3 Å². The lowest BCUT2D eigenvalue weighted by Gasteiger charge is -2.25. The van der Waals surface area contributed by atoms with Gasteiger partial charge >= 0.3 is 5.97 Å². The number of carbonyl (C=O) groups is 2. The fourth-order valence-corrected chi connectivity index (χ4v) is 2.19. The van der Waals surface area contributed by atoms with E-state index in [1.807, 2.05) is 0 Å². The smallest absolute Gasteiger partial charge is 0.326 e. The fraction of sp³-hybridized carbons (Fsp3) is 0.455. The molecule has 2 atom stereocenters. The van der Waals surface area contributed by atoms with Crippen molar-refractivity contribution in [1.29, 1.82) is 0 Å².